The van der Waals surface area contributed by atoms with Crippen LogP contribution >= 0.6 is 0 Å². The molecule has 1 aliphatic heterocycles. The van der Waals surface area contributed by atoms with Crippen LogP contribution in [-0.2, 0) is 4.79 Å². The summed E-state index contributed by atoms with van der Waals surface area (Å²) >= 11 is 0. The van der Waals surface area contributed by atoms with Crippen LogP contribution in [-0.4, -0.2) is 27.8 Å². The Balaban J connectivity index is 2.04. The third-order valence-electron chi connectivity index (χ3n) is 3.76. The van der Waals surface area contributed by atoms with Gasteiger partial charge in [-0.3, -0.25) is 19.3 Å². The van der Waals surface area contributed by atoms with E-state index in [0.717, 1.165) is 4.90 Å². The van der Waals surface area contributed by atoms with Crippen LogP contribution in [0, 0.1) is 5.82 Å². The van der Waals surface area contributed by atoms with Gasteiger partial charge in [-0.15, -0.1) is 0 Å². The number of rotatable bonds is 4. The number of carbonyl (C=O) groups excluding carboxylic acids is 2. The Morgan fingerprint density at radius 1 is 1.00 bits per heavy atom. The normalized spacial score (nSPS) is 14.7. The fourth-order valence-corrected chi connectivity index (χ4v) is 2.70. The molecule has 5 nitrogen and oxygen atoms in total. The number of benzene rings is 2. The molecule has 0 aromatic heterocycles. The van der Waals surface area contributed by atoms with Gasteiger partial charge in [0.15, 0.2) is 0 Å². The van der Waals surface area contributed by atoms with Gasteiger partial charge in [0.1, 0.15) is 5.82 Å². The van der Waals surface area contributed by atoms with Gasteiger partial charge in [0, 0.05) is 0 Å². The molecule has 0 unspecified atom stereocenters. The van der Waals surface area contributed by atoms with E-state index in [4.69, 9.17) is 5.11 Å². The Bertz CT molecular complexity index is 765. The third-order valence-corrected chi connectivity index (χ3v) is 3.76. The number of carboxylic acids is 1. The monoisotopic (exact) mass is 313 g/mol. The summed E-state index contributed by atoms with van der Waals surface area (Å²) in [4.78, 5) is 37.1. The first-order valence-electron chi connectivity index (χ1n) is 6.93. The molecule has 2 amide bonds. The lowest BCUT2D eigenvalue weighted by Crippen LogP contribution is -2.35. The minimum Gasteiger partial charge on any atom is -0.481 e. The maximum atomic E-state index is 13.1. The molecule has 0 fully saturated rings. The van der Waals surface area contributed by atoms with Crippen LogP contribution in [0.1, 0.15) is 38.7 Å². The lowest BCUT2D eigenvalue weighted by Gasteiger charge is -2.25. The zero-order valence-corrected chi connectivity index (χ0v) is 11.9. The van der Waals surface area contributed by atoms with Crippen molar-refractivity contribution in [3.8, 4) is 0 Å². The molecule has 116 valence electrons. The van der Waals surface area contributed by atoms with Crippen molar-refractivity contribution in [2.24, 2.45) is 0 Å². The first-order chi connectivity index (χ1) is 11.0. The molecule has 2 aromatic rings. The predicted octanol–water partition coefficient (Wildman–Crippen LogP) is 2.64. The van der Waals surface area contributed by atoms with E-state index in [9.17, 15) is 18.8 Å². The third kappa shape index (κ3) is 2.59. The second-order valence-corrected chi connectivity index (χ2v) is 5.19. The van der Waals surface area contributed by atoms with Crippen LogP contribution in [0.3, 0.4) is 0 Å². The number of fused-ring (bicyclic) bond motifs is 1. The van der Waals surface area contributed by atoms with Crippen LogP contribution < -0.4 is 0 Å². The molecular formula is C17H12FNO4. The van der Waals surface area contributed by atoms with E-state index in [1.807, 2.05) is 0 Å². The Hall–Kier alpha value is -3.02. The summed E-state index contributed by atoms with van der Waals surface area (Å²) in [6.07, 6.45) is -0.447. The van der Waals surface area contributed by atoms with Crippen molar-refractivity contribution in [1.29, 1.82) is 0 Å². The molecule has 6 heteroatoms. The maximum Gasteiger partial charge on any atom is 0.305 e. The van der Waals surface area contributed by atoms with Crippen LogP contribution in [0.5, 0.6) is 0 Å². The largest absolute Gasteiger partial charge is 0.481 e. The number of imide groups is 1. The highest BCUT2D eigenvalue weighted by Gasteiger charge is 2.41. The van der Waals surface area contributed by atoms with Crippen molar-refractivity contribution in [3.05, 3.63) is 71.0 Å². The smallest absolute Gasteiger partial charge is 0.305 e. The fraction of sp³-hybridized carbons (Fsp3) is 0.118. The quantitative estimate of drug-likeness (QED) is 0.881. The molecule has 0 aliphatic carbocycles. The molecule has 0 saturated heterocycles. The molecule has 1 atom stereocenters. The number of nitrogens with zero attached hydrogens (tertiary/aromatic N) is 1. The molecule has 2 aromatic carbocycles. The van der Waals surface area contributed by atoms with Gasteiger partial charge in [-0.2, -0.15) is 0 Å². The summed E-state index contributed by atoms with van der Waals surface area (Å²) in [5, 5.41) is 9.13. The van der Waals surface area contributed by atoms with Crippen molar-refractivity contribution in [2.45, 2.75) is 12.5 Å². The maximum absolute atomic E-state index is 13.1. The van der Waals surface area contributed by atoms with Gasteiger partial charge in [0.2, 0.25) is 0 Å². The number of hydrogen-bond acceptors (Lipinski definition) is 3. The number of aliphatic carboxylic acids is 1. The summed E-state index contributed by atoms with van der Waals surface area (Å²) in [5.41, 5.74) is 0.883. The van der Waals surface area contributed by atoms with E-state index in [0.29, 0.717) is 5.56 Å². The Labute approximate surface area is 131 Å². The van der Waals surface area contributed by atoms with E-state index in [1.165, 1.54) is 36.4 Å². The first-order valence-corrected chi connectivity index (χ1v) is 6.93. The van der Waals surface area contributed by atoms with Crippen LogP contribution in [0.4, 0.5) is 4.39 Å². The second kappa shape index (κ2) is 5.64. The van der Waals surface area contributed by atoms with Crippen molar-refractivity contribution >= 4 is 17.8 Å². The summed E-state index contributed by atoms with van der Waals surface area (Å²) < 4.78 is 13.1. The minimum atomic E-state index is -1.16. The number of amides is 2. The Morgan fingerprint density at radius 3 is 2.00 bits per heavy atom. The average molecular weight is 313 g/mol. The van der Waals surface area contributed by atoms with Crippen molar-refractivity contribution in [3.63, 3.8) is 0 Å². The highest BCUT2D eigenvalue weighted by Crippen LogP contribution is 2.33. The van der Waals surface area contributed by atoms with Gasteiger partial charge in [0.25, 0.3) is 11.8 Å². The highest BCUT2D eigenvalue weighted by atomic mass is 19.1. The molecule has 0 spiro atoms. The summed E-state index contributed by atoms with van der Waals surface area (Å²) in [7, 11) is 0. The SMILES string of the molecule is O=C(O)C[C@H](c1ccc(F)cc1)N1C(=O)c2ccccc2C1=O. The summed E-state index contributed by atoms with van der Waals surface area (Å²) in [6.45, 7) is 0. The molecule has 0 saturated carbocycles. The van der Waals surface area contributed by atoms with E-state index in [-0.39, 0.29) is 11.1 Å². The van der Waals surface area contributed by atoms with Crippen LogP contribution in [0.25, 0.3) is 0 Å². The van der Waals surface area contributed by atoms with Crippen molar-refractivity contribution < 1.29 is 23.9 Å². The second-order valence-electron chi connectivity index (χ2n) is 5.19. The van der Waals surface area contributed by atoms with Gasteiger partial charge < -0.3 is 5.11 Å². The van der Waals surface area contributed by atoms with E-state index in [1.54, 1.807) is 12.1 Å². The number of halogens is 1. The van der Waals surface area contributed by atoms with E-state index < -0.39 is 36.1 Å². The highest BCUT2D eigenvalue weighted by molar-refractivity contribution is 6.21. The van der Waals surface area contributed by atoms with Crippen LogP contribution in [0.15, 0.2) is 48.5 Å². The molecular weight excluding hydrogens is 301 g/mol. The van der Waals surface area contributed by atoms with Gasteiger partial charge in [-0.1, -0.05) is 24.3 Å². The molecule has 1 N–H and O–H groups in total. The topological polar surface area (TPSA) is 74.7 Å². The van der Waals surface area contributed by atoms with Gasteiger partial charge in [0.05, 0.1) is 23.6 Å². The average Bonchev–Trinajstić information content (AvgIpc) is 2.78. The number of carbonyl (C=O) groups is 3. The lowest BCUT2D eigenvalue weighted by atomic mass is 10.0. The first kappa shape index (κ1) is 14.9. The molecule has 23 heavy (non-hydrogen) atoms. The Kier molecular flexibility index (Phi) is 3.65. The van der Waals surface area contributed by atoms with Crippen molar-refractivity contribution in [1.82, 2.24) is 4.90 Å². The standard InChI is InChI=1S/C17H12FNO4/c18-11-7-5-10(6-8-11)14(9-15(20)21)19-16(22)12-3-1-2-4-13(12)17(19)23/h1-8,14H,9H2,(H,20,21)/t14-/m1/s1. The van der Waals surface area contributed by atoms with Gasteiger partial charge in [-0.05, 0) is 29.8 Å². The van der Waals surface area contributed by atoms with E-state index >= 15 is 0 Å². The van der Waals surface area contributed by atoms with Gasteiger partial charge >= 0.3 is 5.97 Å². The Morgan fingerprint density at radius 2 is 1.52 bits per heavy atom. The van der Waals surface area contributed by atoms with Gasteiger partial charge in [-0.25, -0.2) is 4.39 Å². The van der Waals surface area contributed by atoms with Crippen molar-refractivity contribution in [2.75, 3.05) is 0 Å². The van der Waals surface area contributed by atoms with Crippen LogP contribution in [0.2, 0.25) is 0 Å². The minimum absolute atomic E-state index is 0.245. The summed E-state index contributed by atoms with van der Waals surface area (Å²) in [5.74, 6) is -2.72. The summed E-state index contributed by atoms with van der Waals surface area (Å²) in [6, 6.07) is 10.4. The number of hydrogen-bond donors (Lipinski definition) is 1. The predicted molar refractivity (Wildman–Crippen MR) is 78.3 cm³/mol. The molecule has 1 heterocycles. The lowest BCUT2D eigenvalue weighted by molar-refractivity contribution is -0.138. The molecule has 0 radical (unpaired) electrons. The molecule has 0 bridgehead atoms. The van der Waals surface area contributed by atoms with E-state index in [2.05, 4.69) is 0 Å². The molecule has 3 rings (SSSR count). The number of carboxylic acid groups (broad SMARTS) is 1. The zero-order chi connectivity index (χ0) is 16.6. The molecule has 1 aliphatic rings. The zero-order valence-electron chi connectivity index (χ0n) is 11.9. The fourth-order valence-electron chi connectivity index (χ4n) is 2.70.